The van der Waals surface area contributed by atoms with E-state index in [0.717, 1.165) is 0 Å². The van der Waals surface area contributed by atoms with Crippen molar-refractivity contribution in [2.24, 2.45) is 16.2 Å². The second-order valence-electron chi connectivity index (χ2n) is 8.32. The predicted octanol–water partition coefficient (Wildman–Crippen LogP) is 5.52. The largest absolute Gasteiger partial charge is 0.298 e. The van der Waals surface area contributed by atoms with Crippen LogP contribution < -0.4 is 0 Å². The summed E-state index contributed by atoms with van der Waals surface area (Å²) in [6.45, 7) is 8.58. The monoisotopic (exact) mass is 264 g/mol. The molecule has 0 aromatic heterocycles. The van der Waals surface area contributed by atoms with Gasteiger partial charge < -0.3 is 0 Å². The number of ketones is 1. The Morgan fingerprint density at radius 2 is 1.47 bits per heavy atom. The molecule has 1 heteroatoms. The van der Waals surface area contributed by atoms with Crippen LogP contribution in [0.5, 0.6) is 0 Å². The summed E-state index contributed by atoms with van der Waals surface area (Å²) in [4.78, 5) is 12.8. The Hall–Kier alpha value is -0.330. The average molecular weight is 264 g/mol. The van der Waals surface area contributed by atoms with Crippen molar-refractivity contribution < 1.29 is 4.79 Å². The highest BCUT2D eigenvalue weighted by molar-refractivity contribution is 5.89. The highest BCUT2D eigenvalue weighted by atomic mass is 16.1. The number of fused-ring (bicyclic) bond motifs is 3. The van der Waals surface area contributed by atoms with Gasteiger partial charge >= 0.3 is 0 Å². The third-order valence-corrected chi connectivity index (χ3v) is 5.88. The Morgan fingerprint density at radius 3 is 1.89 bits per heavy atom. The molecule has 3 rings (SSSR count). The molecule has 2 bridgehead atoms. The van der Waals surface area contributed by atoms with Crippen LogP contribution in [0.3, 0.4) is 0 Å². The number of unbranched alkanes of at least 4 members (excludes halogenated alkanes) is 2. The highest BCUT2D eigenvalue weighted by Gasteiger charge is 2.53. The minimum Gasteiger partial charge on any atom is -0.298 e. The number of hydrogen-bond donors (Lipinski definition) is 0. The van der Waals surface area contributed by atoms with Crippen LogP contribution in [-0.2, 0) is 4.79 Å². The summed E-state index contributed by atoms with van der Waals surface area (Å²) in [6, 6.07) is 0. The van der Waals surface area contributed by atoms with Crippen molar-refractivity contribution in [2.75, 3.05) is 0 Å². The number of carbonyl (C=O) groups is 1. The van der Waals surface area contributed by atoms with E-state index in [9.17, 15) is 4.79 Å². The van der Waals surface area contributed by atoms with Crippen LogP contribution >= 0.6 is 0 Å². The van der Waals surface area contributed by atoms with Gasteiger partial charge in [0, 0.05) is 10.8 Å². The predicted molar refractivity (Wildman–Crippen MR) is 81.2 cm³/mol. The van der Waals surface area contributed by atoms with Gasteiger partial charge in [0.2, 0.25) is 0 Å². The summed E-state index contributed by atoms with van der Waals surface area (Å²) in [7, 11) is 0. The molecule has 19 heavy (non-hydrogen) atoms. The van der Waals surface area contributed by atoms with E-state index in [1.54, 1.807) is 0 Å². The molecule has 0 saturated heterocycles. The van der Waals surface area contributed by atoms with Crippen molar-refractivity contribution in [1.82, 2.24) is 0 Å². The fourth-order valence-corrected chi connectivity index (χ4v) is 4.52. The highest BCUT2D eigenvalue weighted by Crippen LogP contribution is 2.60. The molecule has 0 amide bonds. The number of hydrogen-bond acceptors (Lipinski definition) is 1. The molecule has 1 nitrogen and oxygen atoms in total. The number of carbonyl (C=O) groups excluding carboxylic acids is 1. The van der Waals surface area contributed by atoms with E-state index < -0.39 is 0 Å². The molecular formula is C18H32O. The minimum absolute atomic E-state index is 0.0603. The van der Waals surface area contributed by atoms with Crippen molar-refractivity contribution in [3.05, 3.63) is 0 Å². The molecule has 0 N–H and O–H groups in total. The summed E-state index contributed by atoms with van der Waals surface area (Å²) in [5.74, 6) is 0.543. The smallest absolute Gasteiger partial charge is 0.144 e. The van der Waals surface area contributed by atoms with Crippen LogP contribution in [0.25, 0.3) is 0 Å². The lowest BCUT2D eigenvalue weighted by Crippen LogP contribution is -2.49. The first-order chi connectivity index (χ1) is 8.84. The molecule has 0 atom stereocenters. The van der Waals surface area contributed by atoms with Crippen LogP contribution in [0.2, 0.25) is 0 Å². The van der Waals surface area contributed by atoms with E-state index in [-0.39, 0.29) is 10.8 Å². The Bertz CT molecular complexity index is 310. The van der Waals surface area contributed by atoms with Gasteiger partial charge in [0.05, 0.1) is 0 Å². The van der Waals surface area contributed by atoms with Gasteiger partial charge in [0.25, 0.3) is 0 Å². The second kappa shape index (κ2) is 5.22. The first-order valence-electron chi connectivity index (χ1n) is 8.39. The SMILES string of the molecule is CCCCCC12CCC(C(=O)C(C)(C)C)(CC1)CC2. The van der Waals surface area contributed by atoms with E-state index in [2.05, 4.69) is 27.7 Å². The van der Waals surface area contributed by atoms with Crippen molar-refractivity contribution in [3.63, 3.8) is 0 Å². The van der Waals surface area contributed by atoms with E-state index in [4.69, 9.17) is 0 Å². The maximum absolute atomic E-state index is 12.8. The van der Waals surface area contributed by atoms with Gasteiger partial charge in [0.15, 0.2) is 0 Å². The zero-order valence-electron chi connectivity index (χ0n) is 13.5. The Balaban J connectivity index is 1.99. The summed E-state index contributed by atoms with van der Waals surface area (Å²) in [5.41, 5.74) is 0.527. The zero-order chi connectivity index (χ0) is 14.1. The van der Waals surface area contributed by atoms with Crippen molar-refractivity contribution in [3.8, 4) is 0 Å². The lowest BCUT2D eigenvalue weighted by Gasteiger charge is -2.54. The van der Waals surface area contributed by atoms with Crippen LogP contribution in [0.4, 0.5) is 0 Å². The molecule has 0 radical (unpaired) electrons. The summed E-state index contributed by atoms with van der Waals surface area (Å²) in [5, 5.41) is 0. The third-order valence-electron chi connectivity index (χ3n) is 5.88. The fourth-order valence-electron chi connectivity index (χ4n) is 4.52. The van der Waals surface area contributed by atoms with Crippen LogP contribution in [0.1, 0.15) is 91.9 Å². The van der Waals surface area contributed by atoms with E-state index in [0.29, 0.717) is 11.2 Å². The van der Waals surface area contributed by atoms with Crippen molar-refractivity contribution in [1.29, 1.82) is 0 Å². The fraction of sp³-hybridized carbons (Fsp3) is 0.944. The normalized spacial score (nSPS) is 34.5. The molecule has 110 valence electrons. The molecule has 0 heterocycles. The number of rotatable bonds is 5. The molecule has 3 aliphatic rings. The van der Waals surface area contributed by atoms with Gasteiger partial charge in [-0.05, 0) is 50.4 Å². The molecular weight excluding hydrogens is 232 g/mol. The quantitative estimate of drug-likeness (QED) is 0.597. The van der Waals surface area contributed by atoms with Gasteiger partial charge in [-0.2, -0.15) is 0 Å². The minimum atomic E-state index is -0.153. The van der Waals surface area contributed by atoms with Gasteiger partial charge in [-0.15, -0.1) is 0 Å². The Morgan fingerprint density at radius 1 is 0.947 bits per heavy atom. The maximum Gasteiger partial charge on any atom is 0.144 e. The van der Waals surface area contributed by atoms with Gasteiger partial charge in [0.1, 0.15) is 5.78 Å². The van der Waals surface area contributed by atoms with Crippen molar-refractivity contribution in [2.45, 2.75) is 91.9 Å². The van der Waals surface area contributed by atoms with Crippen molar-refractivity contribution >= 4 is 5.78 Å². The molecule has 0 aromatic carbocycles. The van der Waals surface area contributed by atoms with Gasteiger partial charge in [-0.1, -0.05) is 47.0 Å². The van der Waals surface area contributed by atoms with E-state index in [1.165, 1.54) is 64.2 Å². The lowest BCUT2D eigenvalue weighted by molar-refractivity contribution is -0.146. The maximum atomic E-state index is 12.8. The van der Waals surface area contributed by atoms with Crippen LogP contribution in [0.15, 0.2) is 0 Å². The topological polar surface area (TPSA) is 17.1 Å². The van der Waals surface area contributed by atoms with Crippen LogP contribution in [0, 0.1) is 16.2 Å². The zero-order valence-corrected chi connectivity index (χ0v) is 13.5. The van der Waals surface area contributed by atoms with E-state index >= 15 is 0 Å². The standard InChI is InChI=1S/C18H32O/c1-5-6-7-8-17-9-12-18(13-10-17,14-11-17)15(19)16(2,3)4/h5-14H2,1-4H3. The van der Waals surface area contributed by atoms with Crippen LogP contribution in [-0.4, -0.2) is 5.78 Å². The summed E-state index contributed by atoms with van der Waals surface area (Å²) >= 11 is 0. The van der Waals surface area contributed by atoms with Gasteiger partial charge in [-0.25, -0.2) is 0 Å². The lowest BCUT2D eigenvalue weighted by atomic mass is 9.49. The first-order valence-corrected chi connectivity index (χ1v) is 8.39. The summed E-state index contributed by atoms with van der Waals surface area (Å²) < 4.78 is 0. The Labute approximate surface area is 119 Å². The van der Waals surface area contributed by atoms with Gasteiger partial charge in [-0.3, -0.25) is 4.79 Å². The molecule has 0 aliphatic heterocycles. The Kier molecular flexibility index (Phi) is 4.14. The first kappa shape index (κ1) is 15.1. The second-order valence-corrected chi connectivity index (χ2v) is 8.32. The molecule has 0 unspecified atom stereocenters. The molecule has 3 fully saturated rings. The average Bonchev–Trinajstić information content (AvgIpc) is 2.39. The molecule has 3 saturated carbocycles. The molecule has 0 spiro atoms. The summed E-state index contributed by atoms with van der Waals surface area (Å²) in [6.07, 6.45) is 13.0. The van der Waals surface area contributed by atoms with E-state index in [1.807, 2.05) is 0 Å². The number of Topliss-reactive ketones (excluding diaryl/α,β-unsaturated/α-hetero) is 1. The molecule has 3 aliphatic carbocycles. The molecule has 0 aromatic rings. The third kappa shape index (κ3) is 2.90.